The van der Waals surface area contributed by atoms with Crippen LogP contribution in [0.3, 0.4) is 0 Å². The number of ketones is 2. The van der Waals surface area contributed by atoms with Crippen LogP contribution in [-0.2, 0) is 14.3 Å². The van der Waals surface area contributed by atoms with E-state index in [-0.39, 0.29) is 36.5 Å². The zero-order valence-electron chi connectivity index (χ0n) is 16.4. The second kappa shape index (κ2) is 12.5. The van der Waals surface area contributed by atoms with Crippen molar-refractivity contribution in [2.24, 2.45) is 0 Å². The monoisotopic (exact) mass is 396 g/mol. The first-order valence-electron chi connectivity index (χ1n) is 9.41. The van der Waals surface area contributed by atoms with Crippen molar-refractivity contribution >= 4 is 29.1 Å². The summed E-state index contributed by atoms with van der Waals surface area (Å²) in [4.78, 5) is 35.5. The zero-order chi connectivity index (χ0) is 20.2. The van der Waals surface area contributed by atoms with Crippen molar-refractivity contribution in [3.05, 3.63) is 28.8 Å². The third-order valence-electron chi connectivity index (χ3n) is 4.05. The third kappa shape index (κ3) is 9.57. The molecule has 0 heterocycles. The highest BCUT2D eigenvalue weighted by Gasteiger charge is 2.16. The number of carbonyl (C=O) groups is 3. The number of methoxy groups -OCH3 is 1. The minimum atomic E-state index is -0.202. The lowest BCUT2D eigenvalue weighted by Crippen LogP contribution is -2.11. The predicted molar refractivity (Wildman–Crippen MR) is 106 cm³/mol. The Kier molecular flexibility index (Phi) is 10.7. The minimum Gasteiger partial charge on any atom is -0.490 e. The van der Waals surface area contributed by atoms with Gasteiger partial charge in [-0.05, 0) is 44.9 Å². The molecular formula is C21H29ClO5. The van der Waals surface area contributed by atoms with Crippen molar-refractivity contribution in [3.8, 4) is 5.75 Å². The molecule has 0 bridgehead atoms. The normalized spacial score (nSPS) is 10.7. The van der Waals surface area contributed by atoms with Crippen LogP contribution in [0.25, 0.3) is 0 Å². The molecule has 0 fully saturated rings. The van der Waals surface area contributed by atoms with E-state index in [0.29, 0.717) is 29.2 Å². The maximum Gasteiger partial charge on any atom is 0.305 e. The maximum absolute atomic E-state index is 12.5. The van der Waals surface area contributed by atoms with Crippen LogP contribution in [0.2, 0.25) is 5.02 Å². The number of ether oxygens (including phenoxy) is 2. The van der Waals surface area contributed by atoms with E-state index in [1.807, 2.05) is 13.8 Å². The molecule has 0 unspecified atom stereocenters. The lowest BCUT2D eigenvalue weighted by atomic mass is 10.0. The quantitative estimate of drug-likeness (QED) is 0.261. The summed E-state index contributed by atoms with van der Waals surface area (Å²) in [6.07, 6.45) is 4.50. The highest BCUT2D eigenvalue weighted by molar-refractivity contribution is 6.31. The van der Waals surface area contributed by atoms with Gasteiger partial charge < -0.3 is 9.47 Å². The number of hydrogen-bond acceptors (Lipinski definition) is 5. The molecule has 1 aromatic rings. The van der Waals surface area contributed by atoms with Gasteiger partial charge in [-0.25, -0.2) is 0 Å². The number of halogens is 1. The number of rotatable bonds is 13. The van der Waals surface area contributed by atoms with Gasteiger partial charge in [-0.15, -0.1) is 0 Å². The van der Waals surface area contributed by atoms with E-state index in [1.165, 1.54) is 7.11 Å². The molecule has 0 spiro atoms. The van der Waals surface area contributed by atoms with E-state index < -0.39 is 0 Å². The first-order valence-corrected chi connectivity index (χ1v) is 9.79. The average molecular weight is 397 g/mol. The molecule has 0 saturated carbocycles. The van der Waals surface area contributed by atoms with Crippen molar-refractivity contribution in [1.29, 1.82) is 0 Å². The Bertz CT molecular complexity index is 639. The molecule has 0 aliphatic carbocycles. The van der Waals surface area contributed by atoms with Crippen LogP contribution in [0.15, 0.2) is 18.2 Å². The van der Waals surface area contributed by atoms with E-state index in [1.54, 1.807) is 18.2 Å². The molecule has 6 heteroatoms. The van der Waals surface area contributed by atoms with Crippen molar-refractivity contribution in [3.63, 3.8) is 0 Å². The zero-order valence-corrected chi connectivity index (χ0v) is 17.1. The average Bonchev–Trinajstić information content (AvgIpc) is 2.63. The van der Waals surface area contributed by atoms with Crippen LogP contribution < -0.4 is 4.74 Å². The summed E-state index contributed by atoms with van der Waals surface area (Å²) >= 11 is 6.00. The van der Waals surface area contributed by atoms with Crippen LogP contribution in [0.1, 0.15) is 75.6 Å². The van der Waals surface area contributed by atoms with E-state index in [4.69, 9.17) is 16.3 Å². The van der Waals surface area contributed by atoms with Crippen LogP contribution in [0, 0.1) is 0 Å². The molecule has 27 heavy (non-hydrogen) atoms. The maximum atomic E-state index is 12.5. The van der Waals surface area contributed by atoms with Gasteiger partial charge in [0.15, 0.2) is 5.78 Å². The minimum absolute atomic E-state index is 0.0569. The summed E-state index contributed by atoms with van der Waals surface area (Å²) in [6.45, 7) is 3.77. The van der Waals surface area contributed by atoms with Crippen LogP contribution in [-0.4, -0.2) is 30.7 Å². The summed E-state index contributed by atoms with van der Waals surface area (Å²) in [6, 6.07) is 4.96. The van der Waals surface area contributed by atoms with Crippen LogP contribution in [0.5, 0.6) is 5.75 Å². The highest BCUT2D eigenvalue weighted by atomic mass is 35.5. The number of Topliss-reactive ketones (excluding diaryl/α,β-unsaturated/α-hetero) is 2. The molecule has 0 saturated heterocycles. The van der Waals surface area contributed by atoms with Gasteiger partial charge in [0.05, 0.1) is 18.8 Å². The molecular weight excluding hydrogens is 368 g/mol. The largest absolute Gasteiger partial charge is 0.490 e. The first kappa shape index (κ1) is 23.2. The SMILES string of the molecule is COC(=O)CCCCCCC(=O)CCC(=O)c1cc(Cl)ccc1OC(C)C. The van der Waals surface area contributed by atoms with Gasteiger partial charge in [-0.2, -0.15) is 0 Å². The fourth-order valence-electron chi connectivity index (χ4n) is 2.64. The fraction of sp³-hybridized carbons (Fsp3) is 0.571. The smallest absolute Gasteiger partial charge is 0.305 e. The number of esters is 1. The van der Waals surface area contributed by atoms with Crippen LogP contribution in [0.4, 0.5) is 0 Å². The summed E-state index contributed by atoms with van der Waals surface area (Å²) in [5.41, 5.74) is 0.423. The van der Waals surface area contributed by atoms with E-state index >= 15 is 0 Å². The van der Waals surface area contributed by atoms with E-state index in [0.717, 1.165) is 25.7 Å². The molecule has 1 rings (SSSR count). The van der Waals surface area contributed by atoms with E-state index in [9.17, 15) is 14.4 Å². The highest BCUT2D eigenvalue weighted by Crippen LogP contribution is 2.26. The molecule has 0 amide bonds. The summed E-state index contributed by atoms with van der Waals surface area (Å²) in [7, 11) is 1.38. The Morgan fingerprint density at radius 3 is 2.26 bits per heavy atom. The standard InChI is InChI=1S/C21H29ClO5/c1-15(2)27-20-13-10-16(22)14-18(20)19(24)12-11-17(23)8-6-4-5-7-9-21(25)26-3/h10,13-15H,4-9,11-12H2,1-3H3. The molecule has 0 aromatic heterocycles. The van der Waals surface area contributed by atoms with Gasteiger partial charge in [-0.3, -0.25) is 14.4 Å². The lowest BCUT2D eigenvalue weighted by molar-refractivity contribution is -0.140. The van der Waals surface area contributed by atoms with Gasteiger partial charge in [0.1, 0.15) is 11.5 Å². The van der Waals surface area contributed by atoms with Gasteiger partial charge >= 0.3 is 5.97 Å². The first-order chi connectivity index (χ1) is 12.8. The molecule has 150 valence electrons. The molecule has 0 radical (unpaired) electrons. The summed E-state index contributed by atoms with van der Waals surface area (Å²) in [5, 5.41) is 0.465. The number of carbonyl (C=O) groups excluding carboxylic acids is 3. The summed E-state index contributed by atoms with van der Waals surface area (Å²) in [5.74, 6) is 0.230. The second-order valence-electron chi connectivity index (χ2n) is 6.76. The van der Waals surface area contributed by atoms with E-state index in [2.05, 4.69) is 4.74 Å². The Labute approximate surface area is 166 Å². The van der Waals surface area contributed by atoms with Gasteiger partial charge in [0.2, 0.25) is 0 Å². The Hall–Kier alpha value is -1.88. The van der Waals surface area contributed by atoms with Crippen molar-refractivity contribution in [1.82, 2.24) is 0 Å². The fourth-order valence-corrected chi connectivity index (χ4v) is 2.81. The van der Waals surface area contributed by atoms with Crippen molar-refractivity contribution < 1.29 is 23.9 Å². The molecule has 0 aliphatic heterocycles. The molecule has 0 N–H and O–H groups in total. The van der Waals surface area contributed by atoms with Crippen LogP contribution >= 0.6 is 11.6 Å². The van der Waals surface area contributed by atoms with Gasteiger partial charge in [-0.1, -0.05) is 24.4 Å². The Morgan fingerprint density at radius 2 is 1.63 bits per heavy atom. The lowest BCUT2D eigenvalue weighted by Gasteiger charge is -2.14. The number of hydrogen-bond donors (Lipinski definition) is 0. The number of benzene rings is 1. The van der Waals surface area contributed by atoms with Crippen molar-refractivity contribution in [2.75, 3.05) is 7.11 Å². The Morgan fingerprint density at radius 1 is 0.963 bits per heavy atom. The predicted octanol–water partition coefficient (Wildman–Crippen LogP) is 5.17. The molecule has 0 atom stereocenters. The third-order valence-corrected chi connectivity index (χ3v) is 4.28. The molecule has 5 nitrogen and oxygen atoms in total. The number of unbranched alkanes of at least 4 members (excludes halogenated alkanes) is 3. The molecule has 1 aromatic carbocycles. The van der Waals surface area contributed by atoms with Gasteiger partial charge in [0.25, 0.3) is 0 Å². The molecule has 0 aliphatic rings. The van der Waals surface area contributed by atoms with Gasteiger partial charge in [0, 0.05) is 30.7 Å². The topological polar surface area (TPSA) is 69.7 Å². The summed E-state index contributed by atoms with van der Waals surface area (Å²) < 4.78 is 10.2. The Balaban J connectivity index is 2.36. The second-order valence-corrected chi connectivity index (χ2v) is 7.20. The van der Waals surface area contributed by atoms with Crippen molar-refractivity contribution in [2.45, 2.75) is 71.3 Å².